The molecule has 1 aliphatic heterocycles. The molecule has 1 amide bonds. The first-order valence-electron chi connectivity index (χ1n) is 13.0. The summed E-state index contributed by atoms with van der Waals surface area (Å²) in [5.74, 6) is -3.16. The first-order chi connectivity index (χ1) is 20.8. The van der Waals surface area contributed by atoms with Gasteiger partial charge in [0, 0.05) is 17.7 Å². The highest BCUT2D eigenvalue weighted by atomic mass is 16.6. The van der Waals surface area contributed by atoms with Gasteiger partial charge in [0.25, 0.3) is 11.5 Å². The molecule has 0 spiro atoms. The lowest BCUT2D eigenvalue weighted by molar-refractivity contribution is -0.248. The second-order valence-corrected chi connectivity index (χ2v) is 9.52. The minimum atomic E-state index is -1.35. The highest BCUT2D eigenvalue weighted by Crippen LogP contribution is 2.18. The van der Waals surface area contributed by atoms with E-state index < -0.39 is 66.7 Å². The predicted molar refractivity (Wildman–Crippen MR) is 150 cm³/mol. The van der Waals surface area contributed by atoms with E-state index in [4.69, 9.17) is 36.6 Å². The van der Waals surface area contributed by atoms with Gasteiger partial charge in [-0.15, -0.1) is 0 Å². The molecule has 19 heteroatoms. The van der Waals surface area contributed by atoms with Crippen LogP contribution in [-0.2, 0) is 20.9 Å². The summed E-state index contributed by atoms with van der Waals surface area (Å²) >= 11 is 0. The second-order valence-electron chi connectivity index (χ2n) is 9.52. The Morgan fingerprint density at radius 2 is 1.75 bits per heavy atom. The minimum Gasteiger partial charge on any atom is -0.481 e. The molecule has 3 aromatic rings. The molecule has 1 aromatic carbocycles. The molecule has 6 atom stereocenters. The van der Waals surface area contributed by atoms with Crippen molar-refractivity contribution in [2.45, 2.75) is 56.1 Å². The van der Waals surface area contributed by atoms with Crippen molar-refractivity contribution < 1.29 is 49.8 Å². The summed E-state index contributed by atoms with van der Waals surface area (Å²) in [4.78, 5) is 60.6. The van der Waals surface area contributed by atoms with E-state index in [2.05, 4.69) is 30.6 Å². The highest BCUT2D eigenvalue weighted by Gasteiger charge is 2.41. The van der Waals surface area contributed by atoms with Crippen LogP contribution in [0.15, 0.2) is 35.3 Å². The number of amides is 1. The molecule has 13 N–H and O–H groups in total. The molecule has 1 aliphatic rings. The number of aliphatic hydroxyl groups excluding tert-OH is 4. The lowest BCUT2D eigenvalue weighted by Crippen LogP contribution is -2.61. The number of ether oxygens (including phenoxy) is 1. The van der Waals surface area contributed by atoms with E-state index in [9.17, 15) is 29.4 Å². The summed E-state index contributed by atoms with van der Waals surface area (Å²) in [6, 6.07) is 3.82. The number of hydrogen-bond acceptors (Lipinski definition) is 15. The van der Waals surface area contributed by atoms with Gasteiger partial charge in [-0.05, 0) is 30.7 Å². The molecule has 2 unspecified atom stereocenters. The summed E-state index contributed by atoms with van der Waals surface area (Å²) in [6.45, 7) is -0.240. The van der Waals surface area contributed by atoms with Crippen LogP contribution in [0, 0.1) is 0 Å². The third kappa shape index (κ3) is 8.86. The Bertz CT molecular complexity index is 1520. The average Bonchev–Trinajstić information content (AvgIpc) is 2.99. The fraction of sp³-hybridized carbons (Fsp3) is 0.400. The zero-order valence-corrected chi connectivity index (χ0v) is 22.9. The van der Waals surface area contributed by atoms with E-state index in [0.717, 1.165) is 0 Å². The van der Waals surface area contributed by atoms with E-state index >= 15 is 0 Å². The van der Waals surface area contributed by atoms with Gasteiger partial charge in [0.15, 0.2) is 17.5 Å². The third-order valence-electron chi connectivity index (χ3n) is 6.31. The number of carbonyl (C=O) groups excluding carboxylic acids is 1. The monoisotopic (exact) mass is 620 g/mol. The molecule has 19 nitrogen and oxygen atoms in total. The summed E-state index contributed by atoms with van der Waals surface area (Å²) in [5.41, 5.74) is 11.7. The van der Waals surface area contributed by atoms with Crippen LogP contribution in [0.4, 0.5) is 11.6 Å². The number of rotatable bonds is 10. The van der Waals surface area contributed by atoms with Crippen LogP contribution in [0.25, 0.3) is 11.2 Å². The van der Waals surface area contributed by atoms with E-state index in [1.54, 1.807) is 12.1 Å². The molecule has 0 bridgehead atoms. The first-order valence-corrected chi connectivity index (χ1v) is 13.0. The van der Waals surface area contributed by atoms with Crippen LogP contribution in [0.2, 0.25) is 0 Å². The summed E-state index contributed by atoms with van der Waals surface area (Å²) in [6.07, 6.45) is -4.01. The van der Waals surface area contributed by atoms with Crippen LogP contribution in [0.1, 0.15) is 28.9 Å². The van der Waals surface area contributed by atoms with Crippen molar-refractivity contribution in [3.05, 3.63) is 52.1 Å². The van der Waals surface area contributed by atoms with Crippen LogP contribution in [0.3, 0.4) is 0 Å². The topological polar surface area (TPSA) is 329 Å². The van der Waals surface area contributed by atoms with Crippen molar-refractivity contribution in [1.82, 2.24) is 25.3 Å². The van der Waals surface area contributed by atoms with E-state index in [0.29, 0.717) is 11.4 Å². The number of nitrogens with zero attached hydrogens (tertiary/aromatic N) is 3. The summed E-state index contributed by atoms with van der Waals surface area (Å²) in [7, 11) is 0. The Balaban J connectivity index is 0.000000369. The predicted octanol–water partition coefficient (Wildman–Crippen LogP) is -3.30. The standard InChI is InChI=1S/C19H19N7O6.C6H13NO5/c20-19-25-15-14(17(30)26-19)23-11(8-22-15)7-21-10-3-1-9(2-4-10)16(29)24-12(18(31)32)5-6-13(27)28;7-3-5(10)4(9)2(1-8)12-6(3)11/h1-4,8,12,21H,5-7H2,(H,24,29)(H,27,28)(H,31,32)(H3,20,22,25,26,30);2-6,8-11H,1,7H2/t;2-,3-,4-,5-,6?/m.1/s1. The zero-order chi connectivity index (χ0) is 32.6. The van der Waals surface area contributed by atoms with Gasteiger partial charge >= 0.3 is 11.9 Å². The number of aromatic amines is 1. The smallest absolute Gasteiger partial charge is 0.326 e. The Kier molecular flexibility index (Phi) is 11.6. The van der Waals surface area contributed by atoms with Gasteiger partial charge in [0.1, 0.15) is 24.4 Å². The molecule has 3 heterocycles. The van der Waals surface area contributed by atoms with Crippen molar-refractivity contribution >= 4 is 40.6 Å². The van der Waals surface area contributed by atoms with Crippen molar-refractivity contribution in [2.75, 3.05) is 17.7 Å². The number of nitrogens with one attached hydrogen (secondary N) is 3. The second kappa shape index (κ2) is 15.1. The van der Waals surface area contributed by atoms with Crippen LogP contribution >= 0.6 is 0 Å². The van der Waals surface area contributed by atoms with E-state index in [1.807, 2.05) is 0 Å². The Morgan fingerprint density at radius 1 is 1.07 bits per heavy atom. The average molecular weight is 621 g/mol. The molecule has 44 heavy (non-hydrogen) atoms. The maximum Gasteiger partial charge on any atom is 0.326 e. The maximum atomic E-state index is 12.3. The number of nitrogens with two attached hydrogens (primary N) is 2. The SMILES string of the molecule is N[C@H]1C(O)O[C@H](CO)[C@@H](O)[C@@H]1O.Nc1nc2ncc(CNc3ccc(C(=O)NC(CCC(=O)O)C(=O)O)cc3)nc2c(=O)[nH]1. The number of carbonyl (C=O) groups is 3. The van der Waals surface area contributed by atoms with Gasteiger partial charge in [0.2, 0.25) is 5.95 Å². The summed E-state index contributed by atoms with van der Waals surface area (Å²) in [5, 5.41) is 59.3. The molecule has 1 fully saturated rings. The van der Waals surface area contributed by atoms with Crippen molar-refractivity contribution in [2.24, 2.45) is 5.73 Å². The number of fused-ring (bicyclic) bond motifs is 1. The Labute approximate surface area is 247 Å². The number of nitrogen functional groups attached to an aromatic ring is 1. The fourth-order valence-corrected chi connectivity index (χ4v) is 3.87. The lowest BCUT2D eigenvalue weighted by Gasteiger charge is -2.38. The van der Waals surface area contributed by atoms with Gasteiger partial charge in [-0.1, -0.05) is 0 Å². The van der Waals surface area contributed by atoms with Crippen LogP contribution < -0.4 is 27.7 Å². The van der Waals surface area contributed by atoms with Crippen molar-refractivity contribution in [3.63, 3.8) is 0 Å². The number of aliphatic hydroxyl groups is 4. The van der Waals surface area contributed by atoms with Gasteiger partial charge in [-0.2, -0.15) is 4.98 Å². The number of benzene rings is 1. The number of H-pyrrole nitrogens is 1. The number of hydrogen-bond donors (Lipinski definition) is 11. The zero-order valence-electron chi connectivity index (χ0n) is 22.9. The molecule has 4 rings (SSSR count). The quantitative estimate of drug-likeness (QED) is 0.106. The summed E-state index contributed by atoms with van der Waals surface area (Å²) < 4.78 is 4.70. The third-order valence-corrected chi connectivity index (χ3v) is 6.31. The fourth-order valence-electron chi connectivity index (χ4n) is 3.87. The Hall–Kier alpha value is -4.79. The molecule has 1 saturated heterocycles. The van der Waals surface area contributed by atoms with E-state index in [-0.39, 0.29) is 42.1 Å². The number of aromatic nitrogens is 4. The molecule has 2 aromatic heterocycles. The number of carboxylic acid groups (broad SMARTS) is 2. The van der Waals surface area contributed by atoms with Gasteiger partial charge < -0.3 is 57.5 Å². The largest absolute Gasteiger partial charge is 0.481 e. The molecular weight excluding hydrogens is 588 g/mol. The molecule has 0 radical (unpaired) electrons. The molecule has 0 aliphatic carbocycles. The molecule has 0 saturated carbocycles. The van der Waals surface area contributed by atoms with Crippen molar-refractivity contribution in [3.8, 4) is 0 Å². The molecular formula is C25H32N8O11. The number of aliphatic carboxylic acids is 2. The number of anilines is 2. The van der Waals surface area contributed by atoms with Gasteiger partial charge in [-0.3, -0.25) is 19.4 Å². The van der Waals surface area contributed by atoms with Gasteiger partial charge in [0.05, 0.1) is 31.1 Å². The number of carboxylic acids is 2. The minimum absolute atomic E-state index is 0.0524. The normalized spacial score (nSPS) is 21.9. The van der Waals surface area contributed by atoms with Crippen molar-refractivity contribution in [1.29, 1.82) is 0 Å². The first kappa shape index (κ1) is 33.7. The lowest BCUT2D eigenvalue weighted by atomic mass is 9.98. The van der Waals surface area contributed by atoms with Gasteiger partial charge in [-0.25, -0.2) is 14.8 Å². The molecule has 238 valence electrons. The van der Waals surface area contributed by atoms with E-state index in [1.165, 1.54) is 18.3 Å². The van der Waals surface area contributed by atoms with Crippen LogP contribution in [0.5, 0.6) is 0 Å². The maximum absolute atomic E-state index is 12.3. The highest BCUT2D eigenvalue weighted by molar-refractivity contribution is 5.96. The Morgan fingerprint density at radius 3 is 2.36 bits per heavy atom. The van der Waals surface area contributed by atoms with Crippen LogP contribution in [-0.4, -0.2) is 112 Å².